The third-order valence-electron chi connectivity index (χ3n) is 3.60. The average Bonchev–Trinajstić information content (AvgIpc) is 2.33. The maximum Gasteiger partial charge on any atom is 0.132 e. The van der Waals surface area contributed by atoms with Gasteiger partial charge in [0, 0.05) is 26.1 Å². The Kier molecular flexibility index (Phi) is 3.50. The van der Waals surface area contributed by atoms with Crippen molar-refractivity contribution in [2.24, 2.45) is 5.41 Å². The van der Waals surface area contributed by atoms with Gasteiger partial charge in [-0.15, -0.1) is 0 Å². The number of rotatable bonds is 5. The smallest absolute Gasteiger partial charge is 0.132 e. The largest absolute Gasteiger partial charge is 0.373 e. The van der Waals surface area contributed by atoms with Crippen LogP contribution in [0.3, 0.4) is 0 Å². The highest BCUT2D eigenvalue weighted by Crippen LogP contribution is 2.40. The van der Waals surface area contributed by atoms with Crippen LogP contribution in [0.1, 0.15) is 38.9 Å². The van der Waals surface area contributed by atoms with Crippen molar-refractivity contribution in [3.8, 4) is 0 Å². The summed E-state index contributed by atoms with van der Waals surface area (Å²) >= 11 is 0. The molecule has 1 aromatic heterocycles. The maximum atomic E-state index is 4.50. The van der Waals surface area contributed by atoms with E-state index in [4.69, 9.17) is 0 Å². The number of nitrogens with one attached hydrogen (secondary N) is 2. The molecule has 0 spiro atoms. The van der Waals surface area contributed by atoms with E-state index in [9.17, 15) is 0 Å². The topological polar surface area (TPSA) is 49.8 Å². The average molecular weight is 234 g/mol. The number of hydrogen-bond acceptors (Lipinski definition) is 4. The van der Waals surface area contributed by atoms with Crippen molar-refractivity contribution in [1.29, 1.82) is 0 Å². The van der Waals surface area contributed by atoms with E-state index in [1.54, 1.807) is 0 Å². The standard InChI is InChI=1S/C13H22N4/c1-4-10-16-11(14-3)8-12(17-10)15-9-13(2)6-5-7-13/h8H,4-7,9H2,1-3H3,(H2,14,15,16,17). The predicted octanol–water partition coefficient (Wildman–Crippen LogP) is 2.68. The first-order valence-corrected chi connectivity index (χ1v) is 6.45. The van der Waals surface area contributed by atoms with Gasteiger partial charge in [0.2, 0.25) is 0 Å². The first-order valence-electron chi connectivity index (χ1n) is 6.45. The molecule has 0 aliphatic heterocycles. The zero-order valence-corrected chi connectivity index (χ0v) is 11.0. The van der Waals surface area contributed by atoms with Crippen molar-refractivity contribution in [3.05, 3.63) is 11.9 Å². The Morgan fingerprint density at radius 2 is 2.00 bits per heavy atom. The Labute approximate surface area is 103 Å². The van der Waals surface area contributed by atoms with Crippen LogP contribution in [0, 0.1) is 5.41 Å². The molecule has 0 bridgehead atoms. The molecule has 4 heteroatoms. The van der Waals surface area contributed by atoms with Gasteiger partial charge < -0.3 is 10.6 Å². The van der Waals surface area contributed by atoms with Crippen molar-refractivity contribution in [2.45, 2.75) is 39.5 Å². The predicted molar refractivity (Wildman–Crippen MR) is 71.4 cm³/mol. The molecule has 0 radical (unpaired) electrons. The molecule has 2 N–H and O–H groups in total. The van der Waals surface area contributed by atoms with Crippen molar-refractivity contribution < 1.29 is 0 Å². The molecule has 1 aliphatic carbocycles. The second-order valence-electron chi connectivity index (χ2n) is 5.18. The fourth-order valence-corrected chi connectivity index (χ4v) is 2.13. The molecule has 1 saturated carbocycles. The number of aromatic nitrogens is 2. The molecule has 1 aliphatic rings. The SMILES string of the molecule is CCc1nc(NC)cc(NCC2(C)CCC2)n1. The van der Waals surface area contributed by atoms with Gasteiger partial charge in [0.25, 0.3) is 0 Å². The zero-order valence-electron chi connectivity index (χ0n) is 11.0. The third kappa shape index (κ3) is 2.87. The molecule has 1 fully saturated rings. The lowest BCUT2D eigenvalue weighted by Crippen LogP contribution is -2.33. The molecule has 0 saturated heterocycles. The lowest BCUT2D eigenvalue weighted by molar-refractivity contribution is 0.180. The van der Waals surface area contributed by atoms with Crippen molar-refractivity contribution in [2.75, 3.05) is 24.2 Å². The highest BCUT2D eigenvalue weighted by molar-refractivity contribution is 5.47. The van der Waals surface area contributed by atoms with Crippen LogP contribution in [0.25, 0.3) is 0 Å². The van der Waals surface area contributed by atoms with Crippen LogP contribution < -0.4 is 10.6 Å². The van der Waals surface area contributed by atoms with E-state index >= 15 is 0 Å². The first kappa shape index (κ1) is 12.1. The molecule has 0 aromatic carbocycles. The van der Waals surface area contributed by atoms with E-state index in [1.165, 1.54) is 19.3 Å². The summed E-state index contributed by atoms with van der Waals surface area (Å²) < 4.78 is 0. The Bertz CT molecular complexity index is 363. The van der Waals surface area contributed by atoms with Gasteiger partial charge in [0.15, 0.2) is 0 Å². The van der Waals surface area contributed by atoms with Gasteiger partial charge in [-0.1, -0.05) is 20.3 Å². The second kappa shape index (κ2) is 4.90. The summed E-state index contributed by atoms with van der Waals surface area (Å²) in [5.74, 6) is 2.71. The highest BCUT2D eigenvalue weighted by atomic mass is 15.1. The Morgan fingerprint density at radius 1 is 1.29 bits per heavy atom. The Hall–Kier alpha value is -1.32. The summed E-state index contributed by atoms with van der Waals surface area (Å²) in [7, 11) is 1.89. The summed E-state index contributed by atoms with van der Waals surface area (Å²) in [6.45, 7) is 5.42. The van der Waals surface area contributed by atoms with Crippen LogP contribution in [0.2, 0.25) is 0 Å². The maximum absolute atomic E-state index is 4.50. The van der Waals surface area contributed by atoms with E-state index in [0.717, 1.165) is 30.4 Å². The van der Waals surface area contributed by atoms with E-state index < -0.39 is 0 Å². The molecule has 17 heavy (non-hydrogen) atoms. The van der Waals surface area contributed by atoms with E-state index in [0.29, 0.717) is 5.41 Å². The molecule has 2 rings (SSSR count). The Balaban J connectivity index is 2.03. The number of anilines is 2. The number of nitrogens with zero attached hydrogens (tertiary/aromatic N) is 2. The minimum absolute atomic E-state index is 0.469. The van der Waals surface area contributed by atoms with Crippen LogP contribution in [0.4, 0.5) is 11.6 Å². The summed E-state index contributed by atoms with van der Waals surface area (Å²) in [6.07, 6.45) is 4.88. The van der Waals surface area contributed by atoms with Crippen LogP contribution in [0.5, 0.6) is 0 Å². The van der Waals surface area contributed by atoms with Crippen LogP contribution >= 0.6 is 0 Å². The molecular weight excluding hydrogens is 212 g/mol. The highest BCUT2D eigenvalue weighted by Gasteiger charge is 2.31. The zero-order chi connectivity index (χ0) is 12.3. The van der Waals surface area contributed by atoms with Crippen molar-refractivity contribution in [3.63, 3.8) is 0 Å². The minimum Gasteiger partial charge on any atom is -0.373 e. The monoisotopic (exact) mass is 234 g/mol. The fraction of sp³-hybridized carbons (Fsp3) is 0.692. The van der Waals surface area contributed by atoms with Crippen LogP contribution in [0.15, 0.2) is 6.07 Å². The van der Waals surface area contributed by atoms with Gasteiger partial charge >= 0.3 is 0 Å². The van der Waals surface area contributed by atoms with Gasteiger partial charge in [-0.3, -0.25) is 0 Å². The molecule has 0 amide bonds. The fourth-order valence-electron chi connectivity index (χ4n) is 2.13. The molecule has 0 atom stereocenters. The van der Waals surface area contributed by atoms with E-state index in [1.807, 2.05) is 13.1 Å². The molecule has 0 unspecified atom stereocenters. The van der Waals surface area contributed by atoms with Crippen molar-refractivity contribution >= 4 is 11.6 Å². The van der Waals surface area contributed by atoms with Gasteiger partial charge in [-0.05, 0) is 18.3 Å². The molecule has 1 heterocycles. The minimum atomic E-state index is 0.469. The van der Waals surface area contributed by atoms with Crippen molar-refractivity contribution in [1.82, 2.24) is 9.97 Å². The quantitative estimate of drug-likeness (QED) is 0.822. The van der Waals surface area contributed by atoms with E-state index in [-0.39, 0.29) is 0 Å². The van der Waals surface area contributed by atoms with Gasteiger partial charge in [-0.25, -0.2) is 9.97 Å². The van der Waals surface area contributed by atoms with Gasteiger partial charge in [0.05, 0.1) is 0 Å². The third-order valence-corrected chi connectivity index (χ3v) is 3.60. The Morgan fingerprint density at radius 3 is 2.53 bits per heavy atom. The first-order chi connectivity index (χ1) is 8.15. The van der Waals surface area contributed by atoms with Gasteiger partial charge in [-0.2, -0.15) is 0 Å². The lowest BCUT2D eigenvalue weighted by atomic mass is 9.70. The van der Waals surface area contributed by atoms with E-state index in [2.05, 4.69) is 34.4 Å². The summed E-state index contributed by atoms with van der Waals surface area (Å²) in [5, 5.41) is 6.52. The van der Waals surface area contributed by atoms with Crippen LogP contribution in [-0.2, 0) is 6.42 Å². The molecule has 94 valence electrons. The second-order valence-corrected chi connectivity index (χ2v) is 5.18. The normalized spacial score (nSPS) is 17.4. The summed E-state index contributed by atoms with van der Waals surface area (Å²) in [4.78, 5) is 8.89. The molecular formula is C13H22N4. The lowest BCUT2D eigenvalue weighted by Gasteiger charge is -2.38. The molecule has 4 nitrogen and oxygen atoms in total. The van der Waals surface area contributed by atoms with Gasteiger partial charge in [0.1, 0.15) is 17.5 Å². The number of aryl methyl sites for hydroxylation is 1. The number of hydrogen-bond donors (Lipinski definition) is 2. The summed E-state index contributed by atoms with van der Waals surface area (Å²) in [6, 6.07) is 1.97. The summed E-state index contributed by atoms with van der Waals surface area (Å²) in [5.41, 5.74) is 0.469. The molecule has 1 aromatic rings. The van der Waals surface area contributed by atoms with Crippen LogP contribution in [-0.4, -0.2) is 23.6 Å².